The second-order valence-electron chi connectivity index (χ2n) is 5.30. The highest BCUT2D eigenvalue weighted by molar-refractivity contribution is 5.87. The lowest BCUT2D eigenvalue weighted by Crippen LogP contribution is -2.08. The first-order chi connectivity index (χ1) is 7.97. The maximum Gasteiger partial charge on any atom is 0.333 e. The zero-order valence-corrected chi connectivity index (χ0v) is 12.1. The van der Waals surface area contributed by atoms with Gasteiger partial charge in [0.15, 0.2) is 0 Å². The van der Waals surface area contributed by atoms with Crippen molar-refractivity contribution in [2.75, 3.05) is 6.61 Å². The van der Waals surface area contributed by atoms with Crippen molar-refractivity contribution in [2.45, 2.75) is 60.3 Å². The Bertz CT molecular complexity index is 241. The summed E-state index contributed by atoms with van der Waals surface area (Å²) in [6, 6.07) is 0. The summed E-state index contributed by atoms with van der Waals surface area (Å²) in [4.78, 5) is 11.6. The molecule has 0 spiro atoms. The quantitative estimate of drug-likeness (QED) is 0.358. The predicted octanol–water partition coefficient (Wildman–Crippen LogP) is 4.35. The maximum atomic E-state index is 11.6. The summed E-state index contributed by atoms with van der Waals surface area (Å²) < 4.78 is 5.20. The number of carbonyl (C=O) groups is 1. The van der Waals surface area contributed by atoms with Crippen molar-refractivity contribution in [3.63, 3.8) is 0 Å². The van der Waals surface area contributed by atoms with E-state index in [1.54, 1.807) is 0 Å². The molecule has 2 heteroatoms. The molecule has 0 aliphatic carbocycles. The third-order valence-corrected chi connectivity index (χ3v) is 2.68. The topological polar surface area (TPSA) is 26.3 Å². The Kier molecular flexibility index (Phi) is 8.83. The van der Waals surface area contributed by atoms with Gasteiger partial charge in [0, 0.05) is 5.57 Å². The molecule has 0 aromatic heterocycles. The van der Waals surface area contributed by atoms with E-state index in [0.717, 1.165) is 31.3 Å². The molecule has 1 unspecified atom stereocenters. The minimum absolute atomic E-state index is 0.156. The molecule has 0 aliphatic rings. The number of allylic oxidation sites excluding steroid dienone is 1. The number of ether oxygens (including phenoxy) is 1. The fraction of sp³-hybridized carbons (Fsp3) is 0.800. The van der Waals surface area contributed by atoms with E-state index in [9.17, 15) is 4.79 Å². The van der Waals surface area contributed by atoms with Gasteiger partial charge in [0.25, 0.3) is 0 Å². The zero-order valence-electron chi connectivity index (χ0n) is 12.1. The Balaban J connectivity index is 3.97. The van der Waals surface area contributed by atoms with Crippen LogP contribution in [0.15, 0.2) is 11.6 Å². The van der Waals surface area contributed by atoms with E-state index in [1.165, 1.54) is 0 Å². The van der Waals surface area contributed by atoms with Gasteiger partial charge in [0.05, 0.1) is 6.61 Å². The molecule has 100 valence electrons. The van der Waals surface area contributed by atoms with Gasteiger partial charge in [-0.1, -0.05) is 46.6 Å². The highest BCUT2D eigenvalue weighted by atomic mass is 16.5. The van der Waals surface area contributed by atoms with Crippen LogP contribution in [0, 0.1) is 11.8 Å². The summed E-state index contributed by atoms with van der Waals surface area (Å²) in [7, 11) is 0. The van der Waals surface area contributed by atoms with Crippen LogP contribution in [0.5, 0.6) is 0 Å². The smallest absolute Gasteiger partial charge is 0.333 e. The first-order valence-electron chi connectivity index (χ1n) is 6.82. The molecule has 2 nitrogen and oxygen atoms in total. The standard InChI is InChI=1S/C15H28O2/c1-6-7-8-9-17-15(16)14(5)11-13(4)10-12(2)3/h11-13H,6-10H2,1-5H3. The van der Waals surface area contributed by atoms with Crippen molar-refractivity contribution < 1.29 is 9.53 Å². The lowest BCUT2D eigenvalue weighted by atomic mass is 9.97. The highest BCUT2D eigenvalue weighted by Gasteiger charge is 2.08. The molecule has 0 amide bonds. The highest BCUT2D eigenvalue weighted by Crippen LogP contribution is 2.14. The molecule has 0 aromatic carbocycles. The Morgan fingerprint density at radius 1 is 1.24 bits per heavy atom. The van der Waals surface area contributed by atoms with Crippen molar-refractivity contribution in [1.82, 2.24) is 0 Å². The number of esters is 1. The molecule has 17 heavy (non-hydrogen) atoms. The van der Waals surface area contributed by atoms with Crippen LogP contribution in [0.2, 0.25) is 0 Å². The molecule has 0 fully saturated rings. The van der Waals surface area contributed by atoms with Crippen molar-refractivity contribution in [2.24, 2.45) is 11.8 Å². The fourth-order valence-corrected chi connectivity index (χ4v) is 1.94. The number of rotatable bonds is 8. The second kappa shape index (κ2) is 9.26. The summed E-state index contributed by atoms with van der Waals surface area (Å²) in [6.45, 7) is 11.1. The lowest BCUT2D eigenvalue weighted by Gasteiger charge is -2.11. The number of carbonyl (C=O) groups excluding carboxylic acids is 1. The first-order valence-corrected chi connectivity index (χ1v) is 6.82. The van der Waals surface area contributed by atoms with E-state index >= 15 is 0 Å². The second-order valence-corrected chi connectivity index (χ2v) is 5.30. The van der Waals surface area contributed by atoms with E-state index in [4.69, 9.17) is 4.74 Å². The van der Waals surface area contributed by atoms with Crippen LogP contribution in [-0.4, -0.2) is 12.6 Å². The molecule has 0 saturated carbocycles. The molecule has 0 saturated heterocycles. The monoisotopic (exact) mass is 240 g/mol. The lowest BCUT2D eigenvalue weighted by molar-refractivity contribution is -0.139. The maximum absolute atomic E-state index is 11.6. The molecule has 0 aromatic rings. The molecule has 0 heterocycles. The molecule has 0 N–H and O–H groups in total. The zero-order chi connectivity index (χ0) is 13.3. The predicted molar refractivity (Wildman–Crippen MR) is 72.9 cm³/mol. The van der Waals surface area contributed by atoms with Crippen LogP contribution in [0.25, 0.3) is 0 Å². The molecular formula is C15H28O2. The van der Waals surface area contributed by atoms with Crippen molar-refractivity contribution in [3.05, 3.63) is 11.6 Å². The number of hydrogen-bond acceptors (Lipinski definition) is 2. The van der Waals surface area contributed by atoms with Crippen LogP contribution >= 0.6 is 0 Å². The Morgan fingerprint density at radius 3 is 2.41 bits per heavy atom. The van der Waals surface area contributed by atoms with Gasteiger partial charge < -0.3 is 4.74 Å². The van der Waals surface area contributed by atoms with E-state index in [2.05, 4.69) is 27.7 Å². The van der Waals surface area contributed by atoms with Crippen molar-refractivity contribution in [3.8, 4) is 0 Å². The average molecular weight is 240 g/mol. The summed E-state index contributed by atoms with van der Waals surface area (Å²) in [6.07, 6.45) is 6.39. The van der Waals surface area contributed by atoms with Crippen LogP contribution < -0.4 is 0 Å². The number of unbranched alkanes of at least 4 members (excludes halogenated alkanes) is 2. The molecule has 0 aliphatic heterocycles. The van der Waals surface area contributed by atoms with Gasteiger partial charge in [0.2, 0.25) is 0 Å². The minimum atomic E-state index is -0.156. The molecule has 0 bridgehead atoms. The van der Waals surface area contributed by atoms with Crippen LogP contribution in [0.1, 0.15) is 60.3 Å². The molecule has 1 atom stereocenters. The van der Waals surface area contributed by atoms with E-state index < -0.39 is 0 Å². The number of hydrogen-bond donors (Lipinski definition) is 0. The Labute approximate surface area is 106 Å². The van der Waals surface area contributed by atoms with Gasteiger partial charge in [-0.3, -0.25) is 0 Å². The summed E-state index contributed by atoms with van der Waals surface area (Å²) in [5.41, 5.74) is 0.745. The van der Waals surface area contributed by atoms with Gasteiger partial charge >= 0.3 is 5.97 Å². The third kappa shape index (κ3) is 8.96. The van der Waals surface area contributed by atoms with Gasteiger partial charge in [0.1, 0.15) is 0 Å². The van der Waals surface area contributed by atoms with E-state index in [-0.39, 0.29) is 5.97 Å². The van der Waals surface area contributed by atoms with Gasteiger partial charge in [-0.25, -0.2) is 4.79 Å². The molecule has 0 rings (SSSR count). The van der Waals surface area contributed by atoms with E-state index in [1.807, 2.05) is 13.0 Å². The first kappa shape index (κ1) is 16.2. The van der Waals surface area contributed by atoms with Crippen molar-refractivity contribution >= 4 is 5.97 Å². The van der Waals surface area contributed by atoms with Gasteiger partial charge in [-0.15, -0.1) is 0 Å². The Hall–Kier alpha value is -0.790. The average Bonchev–Trinajstić information content (AvgIpc) is 2.22. The molecular weight excluding hydrogens is 212 g/mol. The summed E-state index contributed by atoms with van der Waals surface area (Å²) >= 11 is 0. The Morgan fingerprint density at radius 2 is 1.88 bits per heavy atom. The summed E-state index contributed by atoms with van der Waals surface area (Å²) in [5.74, 6) is 0.949. The largest absolute Gasteiger partial charge is 0.462 e. The normalized spacial score (nSPS) is 13.9. The third-order valence-electron chi connectivity index (χ3n) is 2.68. The van der Waals surface area contributed by atoms with Gasteiger partial charge in [-0.05, 0) is 31.6 Å². The van der Waals surface area contributed by atoms with E-state index in [0.29, 0.717) is 18.4 Å². The fourth-order valence-electron chi connectivity index (χ4n) is 1.94. The van der Waals surface area contributed by atoms with Gasteiger partial charge in [-0.2, -0.15) is 0 Å². The SMILES string of the molecule is CCCCCOC(=O)C(C)=CC(C)CC(C)C. The van der Waals surface area contributed by atoms with Crippen LogP contribution in [-0.2, 0) is 9.53 Å². The minimum Gasteiger partial charge on any atom is -0.462 e. The van der Waals surface area contributed by atoms with Crippen molar-refractivity contribution in [1.29, 1.82) is 0 Å². The summed E-state index contributed by atoms with van der Waals surface area (Å²) in [5, 5.41) is 0. The van der Waals surface area contributed by atoms with Crippen LogP contribution in [0.3, 0.4) is 0 Å². The van der Waals surface area contributed by atoms with Crippen LogP contribution in [0.4, 0.5) is 0 Å². The molecule has 0 radical (unpaired) electrons.